The number of rotatable bonds is 4. The van der Waals surface area contributed by atoms with Crippen LogP contribution in [0.3, 0.4) is 0 Å². The number of ether oxygens (including phenoxy) is 1. The second kappa shape index (κ2) is 6.89. The maximum Gasteiger partial charge on any atom is 0.118 e. The van der Waals surface area contributed by atoms with Gasteiger partial charge in [-0.3, -0.25) is 0 Å². The molecule has 0 unspecified atom stereocenters. The van der Waals surface area contributed by atoms with E-state index in [1.54, 1.807) is 7.11 Å². The number of hydrogen-bond donors (Lipinski definition) is 2. The van der Waals surface area contributed by atoms with Gasteiger partial charge in [0.2, 0.25) is 0 Å². The van der Waals surface area contributed by atoms with Crippen molar-refractivity contribution in [2.24, 2.45) is 0 Å². The minimum absolute atomic E-state index is 0.819. The van der Waals surface area contributed by atoms with Crippen LogP contribution < -0.4 is 15.4 Å². The van der Waals surface area contributed by atoms with E-state index in [-0.39, 0.29) is 0 Å². The molecule has 2 N–H and O–H groups in total. The molecule has 1 heterocycles. The first-order chi connectivity index (χ1) is 12.3. The van der Waals surface area contributed by atoms with E-state index >= 15 is 0 Å². The first-order valence-corrected chi connectivity index (χ1v) is 8.64. The van der Waals surface area contributed by atoms with E-state index in [0.717, 1.165) is 25.1 Å². The second-order valence-corrected chi connectivity index (χ2v) is 6.37. The molecule has 1 aliphatic heterocycles. The summed E-state index contributed by atoms with van der Waals surface area (Å²) in [6, 6.07) is 16.7. The topological polar surface area (TPSA) is 33.3 Å². The van der Waals surface area contributed by atoms with Gasteiger partial charge in [-0.05, 0) is 53.5 Å². The highest BCUT2D eigenvalue weighted by Gasteiger charge is 2.16. The summed E-state index contributed by atoms with van der Waals surface area (Å²) in [5, 5.41) is 7.13. The van der Waals surface area contributed by atoms with Crippen molar-refractivity contribution in [3.05, 3.63) is 94.9 Å². The van der Waals surface area contributed by atoms with E-state index in [0.29, 0.717) is 0 Å². The highest BCUT2D eigenvalue weighted by atomic mass is 16.5. The van der Waals surface area contributed by atoms with Gasteiger partial charge >= 0.3 is 0 Å². The summed E-state index contributed by atoms with van der Waals surface area (Å²) in [4.78, 5) is 0. The molecular formula is C22H22N2O. The summed E-state index contributed by atoms with van der Waals surface area (Å²) in [6.45, 7) is 0.819. The number of para-hydroxylation sites is 1. The largest absolute Gasteiger partial charge is 0.497 e. The third-order valence-electron chi connectivity index (χ3n) is 4.71. The lowest BCUT2D eigenvalue weighted by molar-refractivity contribution is 0.414. The molecular weight excluding hydrogens is 308 g/mol. The Bertz CT molecular complexity index is 860. The lowest BCUT2D eigenvalue weighted by Crippen LogP contribution is -2.17. The van der Waals surface area contributed by atoms with Crippen molar-refractivity contribution in [3.63, 3.8) is 0 Å². The molecule has 0 fully saturated rings. The van der Waals surface area contributed by atoms with E-state index in [2.05, 4.69) is 65.3 Å². The Hall–Kier alpha value is -2.94. The first kappa shape index (κ1) is 15.6. The molecule has 2 aromatic rings. The Balaban J connectivity index is 1.45. The molecule has 126 valence electrons. The minimum atomic E-state index is 0.819. The molecule has 0 radical (unpaired) electrons. The van der Waals surface area contributed by atoms with Crippen molar-refractivity contribution in [1.29, 1.82) is 0 Å². The number of allylic oxidation sites excluding steroid dienone is 5. The molecule has 2 aliphatic rings. The average molecular weight is 330 g/mol. The first-order valence-electron chi connectivity index (χ1n) is 8.64. The fraction of sp³-hybridized carbons (Fsp3) is 0.182. The van der Waals surface area contributed by atoms with Crippen LogP contribution in [0.25, 0.3) is 0 Å². The van der Waals surface area contributed by atoms with Crippen molar-refractivity contribution < 1.29 is 4.74 Å². The second-order valence-electron chi connectivity index (χ2n) is 6.37. The molecule has 0 saturated heterocycles. The number of nitrogens with one attached hydrogen (secondary N) is 2. The molecule has 0 atom stereocenters. The van der Waals surface area contributed by atoms with E-state index in [9.17, 15) is 0 Å². The Labute approximate surface area is 148 Å². The van der Waals surface area contributed by atoms with Crippen molar-refractivity contribution in [2.45, 2.75) is 19.4 Å². The van der Waals surface area contributed by atoms with Crippen LogP contribution in [-0.2, 0) is 13.0 Å². The zero-order valence-electron chi connectivity index (χ0n) is 14.4. The minimum Gasteiger partial charge on any atom is -0.497 e. The number of anilines is 1. The van der Waals surface area contributed by atoms with Gasteiger partial charge in [0.05, 0.1) is 7.11 Å². The van der Waals surface area contributed by atoms with Crippen molar-refractivity contribution in [3.8, 4) is 5.75 Å². The summed E-state index contributed by atoms with van der Waals surface area (Å²) >= 11 is 0. The normalized spacial score (nSPS) is 15.5. The molecule has 1 aliphatic carbocycles. The van der Waals surface area contributed by atoms with Gasteiger partial charge in [0, 0.05) is 30.0 Å². The van der Waals surface area contributed by atoms with Crippen LogP contribution in [0, 0.1) is 0 Å². The SMILES string of the molecule is COc1ccc(CNC2=CC=C3Nc4ccccc4CC=C3C2)cc1. The fourth-order valence-electron chi connectivity index (χ4n) is 3.23. The molecule has 3 nitrogen and oxygen atoms in total. The van der Waals surface area contributed by atoms with Crippen LogP contribution in [-0.4, -0.2) is 7.11 Å². The summed E-state index contributed by atoms with van der Waals surface area (Å²) in [6.07, 6.45) is 8.60. The highest BCUT2D eigenvalue weighted by Crippen LogP contribution is 2.30. The van der Waals surface area contributed by atoms with Gasteiger partial charge in [-0.25, -0.2) is 0 Å². The van der Waals surface area contributed by atoms with Crippen LogP contribution in [0.4, 0.5) is 5.69 Å². The maximum absolute atomic E-state index is 5.21. The summed E-state index contributed by atoms with van der Waals surface area (Å²) < 4.78 is 5.21. The van der Waals surface area contributed by atoms with Crippen LogP contribution in [0.15, 0.2) is 83.7 Å². The lowest BCUT2D eigenvalue weighted by Gasteiger charge is -2.20. The Morgan fingerprint density at radius 2 is 1.88 bits per heavy atom. The molecule has 2 aromatic carbocycles. The molecule has 4 rings (SSSR count). The van der Waals surface area contributed by atoms with Crippen molar-refractivity contribution in [1.82, 2.24) is 5.32 Å². The van der Waals surface area contributed by atoms with E-state index in [1.165, 1.54) is 33.8 Å². The maximum atomic E-state index is 5.21. The van der Waals surface area contributed by atoms with Gasteiger partial charge < -0.3 is 15.4 Å². The third kappa shape index (κ3) is 3.45. The Morgan fingerprint density at radius 1 is 1.04 bits per heavy atom. The van der Waals surface area contributed by atoms with E-state index in [4.69, 9.17) is 4.74 Å². The molecule has 0 spiro atoms. The van der Waals surface area contributed by atoms with Crippen LogP contribution in [0.1, 0.15) is 17.5 Å². The van der Waals surface area contributed by atoms with Gasteiger partial charge in [0.25, 0.3) is 0 Å². The van der Waals surface area contributed by atoms with Gasteiger partial charge in [-0.2, -0.15) is 0 Å². The van der Waals surface area contributed by atoms with Crippen LogP contribution in [0.5, 0.6) is 5.75 Å². The lowest BCUT2D eigenvalue weighted by atomic mass is 10.00. The fourth-order valence-corrected chi connectivity index (χ4v) is 3.23. The number of hydrogen-bond acceptors (Lipinski definition) is 3. The Kier molecular flexibility index (Phi) is 4.30. The number of benzene rings is 2. The van der Waals surface area contributed by atoms with Crippen LogP contribution in [0.2, 0.25) is 0 Å². The quantitative estimate of drug-likeness (QED) is 0.863. The van der Waals surface area contributed by atoms with E-state index in [1.807, 2.05) is 12.1 Å². The molecule has 0 amide bonds. The van der Waals surface area contributed by atoms with Gasteiger partial charge in [0.1, 0.15) is 5.75 Å². The highest BCUT2D eigenvalue weighted by molar-refractivity contribution is 5.63. The molecule has 0 bridgehead atoms. The predicted octanol–water partition coefficient (Wildman–Crippen LogP) is 4.55. The summed E-state index contributed by atoms with van der Waals surface area (Å²) in [5.41, 5.74) is 7.62. The third-order valence-corrected chi connectivity index (χ3v) is 4.71. The van der Waals surface area contributed by atoms with Crippen LogP contribution >= 0.6 is 0 Å². The smallest absolute Gasteiger partial charge is 0.118 e. The van der Waals surface area contributed by atoms with Crippen molar-refractivity contribution >= 4 is 5.69 Å². The molecule has 0 saturated carbocycles. The number of fused-ring (bicyclic) bond motifs is 2. The standard InChI is InChI=1S/C22H22N2O/c1-25-20-11-6-16(7-12-20)15-23-19-10-13-22-18(14-19)9-8-17-4-2-3-5-21(17)24-22/h2-7,9-13,23-24H,8,14-15H2,1H3. The summed E-state index contributed by atoms with van der Waals surface area (Å²) in [5.74, 6) is 0.891. The molecule has 3 heteroatoms. The zero-order chi connectivity index (χ0) is 17.1. The average Bonchev–Trinajstić information content (AvgIpc) is 2.85. The van der Waals surface area contributed by atoms with Gasteiger partial charge in [-0.1, -0.05) is 36.4 Å². The molecule has 0 aromatic heterocycles. The van der Waals surface area contributed by atoms with Gasteiger partial charge in [-0.15, -0.1) is 0 Å². The Morgan fingerprint density at radius 3 is 2.72 bits per heavy atom. The monoisotopic (exact) mass is 330 g/mol. The number of methoxy groups -OCH3 is 1. The predicted molar refractivity (Wildman–Crippen MR) is 102 cm³/mol. The zero-order valence-corrected chi connectivity index (χ0v) is 14.4. The van der Waals surface area contributed by atoms with Crippen molar-refractivity contribution in [2.75, 3.05) is 12.4 Å². The van der Waals surface area contributed by atoms with E-state index < -0.39 is 0 Å². The molecule has 25 heavy (non-hydrogen) atoms. The van der Waals surface area contributed by atoms with Gasteiger partial charge in [0.15, 0.2) is 0 Å². The summed E-state index contributed by atoms with van der Waals surface area (Å²) in [7, 11) is 1.69.